The summed E-state index contributed by atoms with van der Waals surface area (Å²) in [5.74, 6) is 1.71. The smallest absolute Gasteiger partial charge is 0.200 e. The summed E-state index contributed by atoms with van der Waals surface area (Å²) in [6.45, 7) is 0.721. The first-order valence-corrected chi connectivity index (χ1v) is 8.35. The largest absolute Gasteiger partial charge is 0.493 e. The lowest BCUT2D eigenvalue weighted by molar-refractivity contribution is 0.320. The summed E-state index contributed by atoms with van der Waals surface area (Å²) in [5.41, 5.74) is 1.79. The highest BCUT2D eigenvalue weighted by Crippen LogP contribution is 2.38. The summed E-state index contributed by atoms with van der Waals surface area (Å²) < 4.78 is 7.52. The van der Waals surface area contributed by atoms with Crippen LogP contribution >= 0.6 is 0 Å². The number of hydrogen-bond acceptors (Lipinski definition) is 6. The fraction of sp³-hybridized carbons (Fsp3) is 0.222. The van der Waals surface area contributed by atoms with E-state index in [9.17, 15) is 0 Å². The molecule has 2 aromatic heterocycles. The average Bonchev–Trinajstić information content (AvgIpc) is 3.02. The highest BCUT2D eigenvalue weighted by Gasteiger charge is 2.22. The number of benzene rings is 2. The zero-order valence-electron chi connectivity index (χ0n) is 13.5. The molecule has 0 radical (unpaired) electrons. The molecule has 0 saturated heterocycles. The molecule has 0 fully saturated rings. The van der Waals surface area contributed by atoms with Crippen molar-refractivity contribution in [1.29, 1.82) is 0 Å². The molecule has 0 bridgehead atoms. The molecular weight excluding hydrogens is 316 g/mol. The van der Waals surface area contributed by atoms with Gasteiger partial charge in [-0.05, 0) is 40.8 Å². The van der Waals surface area contributed by atoms with Crippen molar-refractivity contribution in [1.82, 2.24) is 25.3 Å². The highest BCUT2D eigenvalue weighted by molar-refractivity contribution is 5.90. The van der Waals surface area contributed by atoms with Crippen LogP contribution in [0.5, 0.6) is 5.75 Å². The van der Waals surface area contributed by atoms with Gasteiger partial charge in [0.25, 0.3) is 0 Å². The Hall–Kier alpha value is -3.22. The van der Waals surface area contributed by atoms with Gasteiger partial charge in [-0.15, -0.1) is 14.8 Å². The number of rotatable bonds is 2. The topological polar surface area (TPSA) is 77.2 Å². The first kappa shape index (κ1) is 14.2. The van der Waals surface area contributed by atoms with Gasteiger partial charge in [-0.25, -0.2) is 0 Å². The van der Waals surface area contributed by atoms with Crippen LogP contribution < -0.4 is 10.1 Å². The van der Waals surface area contributed by atoms with Gasteiger partial charge in [0.05, 0.1) is 12.6 Å². The Morgan fingerprint density at radius 2 is 2.04 bits per heavy atom. The van der Waals surface area contributed by atoms with Gasteiger partial charge in [0.15, 0.2) is 5.65 Å². The lowest BCUT2D eigenvalue weighted by Crippen LogP contribution is -2.12. The van der Waals surface area contributed by atoms with E-state index in [-0.39, 0.29) is 6.04 Å². The summed E-state index contributed by atoms with van der Waals surface area (Å²) in [7, 11) is 0. The minimum absolute atomic E-state index is 0.128. The number of fused-ring (bicyclic) bond motifs is 4. The highest BCUT2D eigenvalue weighted by atomic mass is 16.5. The fourth-order valence-electron chi connectivity index (χ4n) is 3.37. The maximum Gasteiger partial charge on any atom is 0.200 e. The molecule has 2 aromatic carbocycles. The fourth-order valence-corrected chi connectivity index (χ4v) is 3.37. The first-order valence-electron chi connectivity index (χ1n) is 8.35. The second-order valence-corrected chi connectivity index (χ2v) is 6.14. The van der Waals surface area contributed by atoms with Gasteiger partial charge < -0.3 is 10.1 Å². The van der Waals surface area contributed by atoms with Crippen LogP contribution in [0.4, 0.5) is 5.82 Å². The van der Waals surface area contributed by atoms with Gasteiger partial charge in [0, 0.05) is 10.9 Å². The van der Waals surface area contributed by atoms with Crippen molar-refractivity contribution >= 4 is 22.2 Å². The Kier molecular flexibility index (Phi) is 3.22. The van der Waals surface area contributed by atoms with Crippen molar-refractivity contribution in [3.63, 3.8) is 0 Å². The second kappa shape index (κ2) is 5.70. The molecule has 124 valence electrons. The molecule has 4 aromatic rings. The first-order chi connectivity index (χ1) is 12.4. The molecule has 1 aliphatic heterocycles. The van der Waals surface area contributed by atoms with E-state index in [1.165, 1.54) is 10.0 Å². The minimum atomic E-state index is 0.128. The van der Waals surface area contributed by atoms with E-state index >= 15 is 0 Å². The van der Waals surface area contributed by atoms with Gasteiger partial charge in [0.2, 0.25) is 0 Å². The van der Waals surface area contributed by atoms with E-state index in [0.717, 1.165) is 42.0 Å². The number of nitrogens with zero attached hydrogens (tertiary/aromatic N) is 5. The molecular formula is C18H16N6O. The van der Waals surface area contributed by atoms with Crippen LogP contribution in [0, 0.1) is 0 Å². The Bertz CT molecular complexity index is 1060. The molecule has 0 saturated carbocycles. The lowest BCUT2D eigenvalue weighted by atomic mass is 9.98. The summed E-state index contributed by atoms with van der Waals surface area (Å²) in [4.78, 5) is 0. The van der Waals surface area contributed by atoms with Crippen molar-refractivity contribution in [2.75, 3.05) is 11.9 Å². The molecule has 7 nitrogen and oxygen atoms in total. The Balaban J connectivity index is 1.56. The molecule has 0 amide bonds. The number of tetrazole rings is 1. The molecule has 3 heterocycles. The van der Waals surface area contributed by atoms with E-state index in [1.54, 1.807) is 0 Å². The van der Waals surface area contributed by atoms with Gasteiger partial charge in [0.1, 0.15) is 11.6 Å². The molecule has 1 atom stereocenters. The van der Waals surface area contributed by atoms with Crippen molar-refractivity contribution in [3.8, 4) is 5.75 Å². The maximum absolute atomic E-state index is 6.09. The molecule has 25 heavy (non-hydrogen) atoms. The number of nitrogens with one attached hydrogen (secondary N) is 1. The second-order valence-electron chi connectivity index (χ2n) is 6.14. The van der Waals surface area contributed by atoms with Crippen LogP contribution in [0.3, 0.4) is 0 Å². The Labute approximate surface area is 143 Å². The zero-order chi connectivity index (χ0) is 16.6. The third kappa shape index (κ3) is 2.44. The molecule has 1 aliphatic rings. The predicted molar refractivity (Wildman–Crippen MR) is 93.6 cm³/mol. The maximum atomic E-state index is 6.09. The van der Waals surface area contributed by atoms with Crippen LogP contribution in [0.1, 0.15) is 24.4 Å². The Morgan fingerprint density at radius 3 is 3.04 bits per heavy atom. The van der Waals surface area contributed by atoms with Crippen LogP contribution in [-0.4, -0.2) is 31.9 Å². The Morgan fingerprint density at radius 1 is 1.08 bits per heavy atom. The van der Waals surface area contributed by atoms with Crippen LogP contribution in [-0.2, 0) is 0 Å². The SMILES string of the molecule is c1ccc2c3c(ccc2c1)[C@H](Nc1ccc2nnnn2n1)CCCO3. The predicted octanol–water partition coefficient (Wildman–Crippen LogP) is 3.00. The normalized spacial score (nSPS) is 17.0. The lowest BCUT2D eigenvalue weighted by Gasteiger charge is -2.20. The van der Waals surface area contributed by atoms with Gasteiger partial charge >= 0.3 is 0 Å². The van der Waals surface area contributed by atoms with Crippen molar-refractivity contribution in [2.45, 2.75) is 18.9 Å². The van der Waals surface area contributed by atoms with E-state index in [0.29, 0.717) is 5.65 Å². The summed E-state index contributed by atoms with van der Waals surface area (Å²) in [6.07, 6.45) is 1.95. The summed E-state index contributed by atoms with van der Waals surface area (Å²) >= 11 is 0. The number of anilines is 1. The third-order valence-electron chi connectivity index (χ3n) is 4.56. The monoisotopic (exact) mass is 332 g/mol. The van der Waals surface area contributed by atoms with E-state index in [1.807, 2.05) is 24.3 Å². The van der Waals surface area contributed by atoms with Crippen molar-refractivity contribution in [2.24, 2.45) is 0 Å². The number of ether oxygens (including phenoxy) is 1. The van der Waals surface area contributed by atoms with E-state index in [4.69, 9.17) is 4.74 Å². The number of aromatic nitrogens is 5. The zero-order valence-corrected chi connectivity index (χ0v) is 13.5. The number of hydrogen-bond donors (Lipinski definition) is 1. The van der Waals surface area contributed by atoms with Gasteiger partial charge in [-0.3, -0.25) is 0 Å². The van der Waals surface area contributed by atoms with Crippen molar-refractivity contribution < 1.29 is 4.74 Å². The quantitative estimate of drug-likeness (QED) is 0.608. The molecule has 1 N–H and O–H groups in total. The average molecular weight is 332 g/mol. The van der Waals surface area contributed by atoms with E-state index < -0.39 is 0 Å². The van der Waals surface area contributed by atoms with Crippen LogP contribution in [0.25, 0.3) is 16.4 Å². The molecule has 0 spiro atoms. The summed E-state index contributed by atoms with van der Waals surface area (Å²) in [6, 6.07) is 16.5. The molecule has 0 unspecified atom stereocenters. The van der Waals surface area contributed by atoms with E-state index in [2.05, 4.69) is 50.2 Å². The van der Waals surface area contributed by atoms with Gasteiger partial charge in [-0.1, -0.05) is 36.4 Å². The van der Waals surface area contributed by atoms with Crippen molar-refractivity contribution in [3.05, 3.63) is 54.1 Å². The standard InChI is InChI=1S/C18H16N6O/c1-2-5-13-12(4-1)7-8-14-15(6-3-11-25-18(13)14)19-16-9-10-17-20-22-23-24(17)21-16/h1-2,4-5,7-10,15H,3,6,11H2,(H,19,21)/t15-/m1/s1. The third-order valence-corrected chi connectivity index (χ3v) is 4.56. The van der Waals surface area contributed by atoms with Crippen LogP contribution in [0.15, 0.2) is 48.5 Å². The van der Waals surface area contributed by atoms with Crippen LogP contribution in [0.2, 0.25) is 0 Å². The molecule has 7 heteroatoms. The summed E-state index contributed by atoms with van der Waals surface area (Å²) in [5, 5.41) is 21.6. The van der Waals surface area contributed by atoms with Gasteiger partial charge in [-0.2, -0.15) is 0 Å². The minimum Gasteiger partial charge on any atom is -0.493 e. The molecule has 5 rings (SSSR count). The molecule has 0 aliphatic carbocycles.